The van der Waals surface area contributed by atoms with Crippen LogP contribution in [0.25, 0.3) is 5.52 Å². The Balaban J connectivity index is 1.18. The molecule has 0 radical (unpaired) electrons. The molecule has 0 aliphatic heterocycles. The SMILES string of the molecule is Cc1c(C(N)=O)c(OC2CC(C[C@H](C)NC(=O)c3cnn4c(C5CC5)c(OCC(C)(C)O)ccc34)C2)nn1C. The average Bonchev–Trinajstić information content (AvgIpc) is 3.50. The molecule has 39 heavy (non-hydrogen) atoms. The van der Waals surface area contributed by atoms with Crippen LogP contribution < -0.4 is 20.5 Å². The van der Waals surface area contributed by atoms with Crippen molar-refractivity contribution < 1.29 is 24.2 Å². The van der Waals surface area contributed by atoms with Gasteiger partial charge in [-0.15, -0.1) is 5.10 Å². The number of aliphatic hydroxyl groups is 1. The first-order valence-electron chi connectivity index (χ1n) is 13.6. The van der Waals surface area contributed by atoms with Crippen LogP contribution in [0.1, 0.15) is 90.9 Å². The van der Waals surface area contributed by atoms with Crippen LogP contribution in [0.2, 0.25) is 0 Å². The molecule has 0 saturated heterocycles. The Bertz CT molecular complexity index is 1390. The van der Waals surface area contributed by atoms with Crippen LogP contribution in [0.4, 0.5) is 0 Å². The lowest BCUT2D eigenvalue weighted by Gasteiger charge is -2.36. The Kier molecular flexibility index (Phi) is 7.04. The lowest BCUT2D eigenvalue weighted by Crippen LogP contribution is -2.40. The number of nitrogens with two attached hydrogens (primary N) is 1. The van der Waals surface area contributed by atoms with Gasteiger partial charge in [0.25, 0.3) is 11.8 Å². The second-order valence-corrected chi connectivity index (χ2v) is 11.8. The minimum atomic E-state index is -0.947. The number of pyridine rings is 1. The third-order valence-electron chi connectivity index (χ3n) is 7.55. The van der Waals surface area contributed by atoms with Gasteiger partial charge in [-0.05, 0) is 77.8 Å². The Morgan fingerprint density at radius 3 is 2.64 bits per heavy atom. The van der Waals surface area contributed by atoms with E-state index in [1.165, 1.54) is 0 Å². The fourth-order valence-corrected chi connectivity index (χ4v) is 5.26. The molecule has 2 aliphatic rings. The third kappa shape index (κ3) is 5.73. The predicted molar refractivity (Wildman–Crippen MR) is 144 cm³/mol. The summed E-state index contributed by atoms with van der Waals surface area (Å²) in [6.45, 7) is 7.37. The number of hydrogen-bond acceptors (Lipinski definition) is 7. The molecule has 5 rings (SSSR count). The van der Waals surface area contributed by atoms with Gasteiger partial charge in [-0.25, -0.2) is 4.52 Å². The second-order valence-electron chi connectivity index (χ2n) is 11.8. The number of aryl methyl sites for hydroxylation is 1. The van der Waals surface area contributed by atoms with Crippen molar-refractivity contribution in [3.63, 3.8) is 0 Å². The number of nitrogens with zero attached hydrogens (tertiary/aromatic N) is 4. The van der Waals surface area contributed by atoms with Crippen molar-refractivity contribution >= 4 is 17.3 Å². The topological polar surface area (TPSA) is 146 Å². The fourth-order valence-electron chi connectivity index (χ4n) is 5.26. The molecule has 2 aliphatic carbocycles. The van der Waals surface area contributed by atoms with Gasteiger partial charge < -0.3 is 25.6 Å². The molecule has 11 nitrogen and oxygen atoms in total. The van der Waals surface area contributed by atoms with Gasteiger partial charge in [0.15, 0.2) is 0 Å². The molecule has 4 N–H and O–H groups in total. The van der Waals surface area contributed by atoms with E-state index in [4.69, 9.17) is 15.2 Å². The van der Waals surface area contributed by atoms with Crippen LogP contribution in [0.3, 0.4) is 0 Å². The van der Waals surface area contributed by atoms with Crippen LogP contribution >= 0.6 is 0 Å². The summed E-state index contributed by atoms with van der Waals surface area (Å²) in [5.74, 6) is 1.01. The molecule has 3 heterocycles. The van der Waals surface area contributed by atoms with E-state index < -0.39 is 11.5 Å². The van der Waals surface area contributed by atoms with Crippen molar-refractivity contribution in [3.8, 4) is 11.6 Å². The molecule has 1 atom stereocenters. The predicted octanol–water partition coefficient (Wildman–Crippen LogP) is 2.87. The molecule has 210 valence electrons. The lowest BCUT2D eigenvalue weighted by molar-refractivity contribution is 0.0279. The van der Waals surface area contributed by atoms with Crippen molar-refractivity contribution in [3.05, 3.63) is 40.8 Å². The monoisotopic (exact) mass is 538 g/mol. The van der Waals surface area contributed by atoms with Gasteiger partial charge in [0.1, 0.15) is 24.0 Å². The highest BCUT2D eigenvalue weighted by atomic mass is 16.5. The molecule has 0 bridgehead atoms. The van der Waals surface area contributed by atoms with Crippen molar-refractivity contribution in [1.29, 1.82) is 0 Å². The number of primary amides is 1. The summed E-state index contributed by atoms with van der Waals surface area (Å²) in [7, 11) is 1.75. The Hall–Kier alpha value is -3.60. The van der Waals surface area contributed by atoms with E-state index in [0.717, 1.165) is 43.3 Å². The third-order valence-corrected chi connectivity index (χ3v) is 7.55. The first kappa shape index (κ1) is 27.0. The van der Waals surface area contributed by atoms with Crippen LogP contribution in [0, 0.1) is 12.8 Å². The van der Waals surface area contributed by atoms with Crippen molar-refractivity contribution in [2.75, 3.05) is 6.61 Å². The van der Waals surface area contributed by atoms with Gasteiger partial charge >= 0.3 is 0 Å². The largest absolute Gasteiger partial charge is 0.489 e. The number of rotatable bonds is 11. The number of nitrogens with one attached hydrogen (secondary N) is 1. The van der Waals surface area contributed by atoms with E-state index in [2.05, 4.69) is 15.5 Å². The van der Waals surface area contributed by atoms with Crippen molar-refractivity contribution in [2.24, 2.45) is 18.7 Å². The molecule has 0 unspecified atom stereocenters. The van der Waals surface area contributed by atoms with Crippen molar-refractivity contribution in [2.45, 2.75) is 83.5 Å². The number of carbonyl (C=O) groups is 2. The molecule has 11 heteroatoms. The number of hydrogen-bond donors (Lipinski definition) is 3. The quantitative estimate of drug-likeness (QED) is 0.340. The van der Waals surface area contributed by atoms with Crippen LogP contribution in [-0.4, -0.2) is 60.7 Å². The van der Waals surface area contributed by atoms with Gasteiger partial charge in [0.05, 0.1) is 34.3 Å². The highest BCUT2D eigenvalue weighted by Crippen LogP contribution is 2.44. The zero-order chi connectivity index (χ0) is 28.1. The smallest absolute Gasteiger partial charge is 0.256 e. The molecular weight excluding hydrogens is 500 g/mol. The molecule has 3 aromatic rings. The van der Waals surface area contributed by atoms with Gasteiger partial charge in [-0.3, -0.25) is 14.3 Å². The Labute approximate surface area is 227 Å². The van der Waals surface area contributed by atoms with E-state index in [1.807, 2.05) is 23.6 Å². The summed E-state index contributed by atoms with van der Waals surface area (Å²) in [6.07, 6.45) is 6.14. The van der Waals surface area contributed by atoms with E-state index in [1.54, 1.807) is 38.7 Å². The highest BCUT2D eigenvalue weighted by Gasteiger charge is 2.35. The first-order chi connectivity index (χ1) is 18.4. The Morgan fingerprint density at radius 2 is 2.00 bits per heavy atom. The summed E-state index contributed by atoms with van der Waals surface area (Å²) in [5, 5.41) is 22.0. The number of aromatic nitrogens is 4. The van der Waals surface area contributed by atoms with Crippen LogP contribution in [0.5, 0.6) is 11.6 Å². The maximum atomic E-state index is 13.2. The molecule has 3 aromatic heterocycles. The summed E-state index contributed by atoms with van der Waals surface area (Å²) in [5.41, 5.74) is 7.79. The minimum absolute atomic E-state index is 0.0291. The van der Waals surface area contributed by atoms with E-state index in [0.29, 0.717) is 40.3 Å². The molecular formula is C28H38N6O5. The number of amides is 2. The van der Waals surface area contributed by atoms with E-state index in [9.17, 15) is 14.7 Å². The molecule has 2 amide bonds. The highest BCUT2D eigenvalue weighted by molar-refractivity contribution is 6.01. The summed E-state index contributed by atoms with van der Waals surface area (Å²) in [4.78, 5) is 25.0. The number of carbonyl (C=O) groups excluding carboxylic acids is 2. The first-order valence-corrected chi connectivity index (χ1v) is 13.6. The van der Waals surface area contributed by atoms with Crippen molar-refractivity contribution in [1.82, 2.24) is 24.7 Å². The number of ether oxygens (including phenoxy) is 2. The Morgan fingerprint density at radius 1 is 1.28 bits per heavy atom. The van der Waals surface area contributed by atoms with E-state index in [-0.39, 0.29) is 24.7 Å². The lowest BCUT2D eigenvalue weighted by atomic mass is 9.78. The second kappa shape index (κ2) is 10.2. The average molecular weight is 539 g/mol. The summed E-state index contributed by atoms with van der Waals surface area (Å²) in [6, 6.07) is 3.69. The zero-order valence-corrected chi connectivity index (χ0v) is 23.2. The molecule has 0 aromatic carbocycles. The fraction of sp³-hybridized carbons (Fsp3) is 0.571. The maximum Gasteiger partial charge on any atom is 0.256 e. The van der Waals surface area contributed by atoms with Crippen LogP contribution in [0.15, 0.2) is 18.3 Å². The molecule has 0 spiro atoms. The van der Waals surface area contributed by atoms with Gasteiger partial charge in [-0.2, -0.15) is 5.10 Å². The number of fused-ring (bicyclic) bond motifs is 1. The van der Waals surface area contributed by atoms with Gasteiger partial charge in [0.2, 0.25) is 5.88 Å². The van der Waals surface area contributed by atoms with Gasteiger partial charge in [-0.1, -0.05) is 0 Å². The normalized spacial score (nSPS) is 19.9. The molecule has 2 fully saturated rings. The summed E-state index contributed by atoms with van der Waals surface area (Å²) < 4.78 is 15.3. The van der Waals surface area contributed by atoms with Crippen LogP contribution in [-0.2, 0) is 7.05 Å². The minimum Gasteiger partial charge on any atom is -0.489 e. The zero-order valence-electron chi connectivity index (χ0n) is 23.2. The standard InChI is InChI=1S/C28H38N6O5/c1-15(10-17-11-19(12-17)39-27-23(25(29)35)16(2)33(5)32-27)31-26(36)20-13-30-34-21(20)8-9-22(24(34)18-6-7-18)38-14-28(3,4)37/h8-9,13,15,17-19,37H,6-7,10-12,14H2,1-5H3,(H2,29,35)(H,31,36)/t15-,17?,19?/m0/s1. The summed E-state index contributed by atoms with van der Waals surface area (Å²) >= 11 is 0. The molecule has 2 saturated carbocycles. The van der Waals surface area contributed by atoms with Gasteiger partial charge in [0, 0.05) is 19.0 Å². The van der Waals surface area contributed by atoms with E-state index >= 15 is 0 Å². The maximum absolute atomic E-state index is 13.2.